The fraction of sp³-hybridized carbons (Fsp3) is 0.294. The van der Waals surface area contributed by atoms with E-state index in [9.17, 15) is 9.50 Å². The van der Waals surface area contributed by atoms with Crippen molar-refractivity contribution in [3.63, 3.8) is 0 Å². The summed E-state index contributed by atoms with van der Waals surface area (Å²) in [6.07, 6.45) is 0.855. The van der Waals surface area contributed by atoms with Gasteiger partial charge in [0.1, 0.15) is 11.6 Å². The maximum atomic E-state index is 13.1. The van der Waals surface area contributed by atoms with Gasteiger partial charge in [-0.3, -0.25) is 0 Å². The van der Waals surface area contributed by atoms with Gasteiger partial charge in [-0.15, -0.1) is 0 Å². The maximum Gasteiger partial charge on any atom is 0.124 e. The third-order valence-corrected chi connectivity index (χ3v) is 4.60. The summed E-state index contributed by atoms with van der Waals surface area (Å²) in [4.78, 5) is 0. The molecule has 2 unspecified atom stereocenters. The molecule has 1 aliphatic heterocycles. The number of benzene rings is 2. The number of ether oxygens (including phenoxy) is 1. The van der Waals surface area contributed by atoms with E-state index in [0.29, 0.717) is 17.5 Å². The van der Waals surface area contributed by atoms with Crippen molar-refractivity contribution in [1.29, 1.82) is 0 Å². The molecule has 3 rings (SSSR count). The normalized spacial score (nSPS) is 18.7. The van der Waals surface area contributed by atoms with Gasteiger partial charge in [-0.25, -0.2) is 4.39 Å². The molecule has 0 aliphatic carbocycles. The first-order valence-electron chi connectivity index (χ1n) is 7.00. The van der Waals surface area contributed by atoms with Crippen LogP contribution in [0.1, 0.15) is 36.0 Å². The molecule has 0 saturated carbocycles. The number of halogens is 2. The van der Waals surface area contributed by atoms with Crippen LogP contribution in [0.25, 0.3) is 0 Å². The monoisotopic (exact) mass is 350 g/mol. The molecule has 0 saturated heterocycles. The molecule has 1 aliphatic rings. The largest absolute Gasteiger partial charge is 0.493 e. The summed E-state index contributed by atoms with van der Waals surface area (Å²) in [7, 11) is 0. The first kappa shape index (κ1) is 14.5. The molecule has 110 valence electrons. The van der Waals surface area contributed by atoms with Crippen molar-refractivity contribution in [1.82, 2.24) is 0 Å². The molecule has 0 aromatic heterocycles. The second-order valence-electron chi connectivity index (χ2n) is 5.29. The van der Waals surface area contributed by atoms with Crippen LogP contribution < -0.4 is 4.74 Å². The summed E-state index contributed by atoms with van der Waals surface area (Å²) >= 11 is 3.32. The average Bonchev–Trinajstić information content (AvgIpc) is 2.47. The molecule has 2 aromatic carbocycles. The van der Waals surface area contributed by atoms with Gasteiger partial charge in [-0.2, -0.15) is 0 Å². The number of hydrogen-bond acceptors (Lipinski definition) is 2. The summed E-state index contributed by atoms with van der Waals surface area (Å²) in [6, 6.07) is 12.3. The fourth-order valence-corrected chi connectivity index (χ4v) is 3.44. The lowest BCUT2D eigenvalue weighted by Crippen LogP contribution is -2.16. The van der Waals surface area contributed by atoms with Crippen LogP contribution in [0.4, 0.5) is 4.39 Å². The SMILES string of the molecule is OC(CC1CCOc2ccccc21)c1ccc(F)cc1Br. The van der Waals surface area contributed by atoms with E-state index in [1.807, 2.05) is 24.3 Å². The predicted molar refractivity (Wildman–Crippen MR) is 83.0 cm³/mol. The number of fused-ring (bicyclic) bond motifs is 1. The van der Waals surface area contributed by atoms with Crippen LogP contribution in [-0.2, 0) is 0 Å². The summed E-state index contributed by atoms with van der Waals surface area (Å²) in [5.41, 5.74) is 1.86. The molecule has 0 radical (unpaired) electrons. The zero-order valence-corrected chi connectivity index (χ0v) is 13.0. The Kier molecular flexibility index (Phi) is 4.27. The first-order valence-corrected chi connectivity index (χ1v) is 7.79. The van der Waals surface area contributed by atoms with Gasteiger partial charge in [0.25, 0.3) is 0 Å². The molecule has 0 amide bonds. The Hall–Kier alpha value is -1.39. The lowest BCUT2D eigenvalue weighted by Gasteiger charge is -2.27. The smallest absolute Gasteiger partial charge is 0.124 e. The number of aliphatic hydroxyl groups is 1. The molecule has 1 heterocycles. The topological polar surface area (TPSA) is 29.5 Å². The molecule has 2 atom stereocenters. The van der Waals surface area contributed by atoms with Gasteiger partial charge in [0.2, 0.25) is 0 Å². The zero-order valence-electron chi connectivity index (χ0n) is 11.4. The zero-order chi connectivity index (χ0) is 14.8. The lowest BCUT2D eigenvalue weighted by atomic mass is 9.86. The standard InChI is InChI=1S/C17H16BrFO2/c18-15-10-12(19)5-6-14(15)16(20)9-11-7-8-21-17-4-2-1-3-13(11)17/h1-6,10-11,16,20H,7-9H2. The molecule has 4 heteroatoms. The number of hydrogen-bond donors (Lipinski definition) is 1. The van der Waals surface area contributed by atoms with E-state index in [1.54, 1.807) is 6.07 Å². The minimum atomic E-state index is -0.629. The third-order valence-electron chi connectivity index (χ3n) is 3.91. The molecular formula is C17H16BrFO2. The predicted octanol–water partition coefficient (Wildman–Crippen LogP) is 4.58. The molecule has 0 bridgehead atoms. The summed E-state index contributed by atoms with van der Waals surface area (Å²) < 4.78 is 19.4. The molecule has 0 fully saturated rings. The van der Waals surface area contributed by atoms with E-state index in [1.165, 1.54) is 12.1 Å². The van der Waals surface area contributed by atoms with Gasteiger partial charge in [0, 0.05) is 4.47 Å². The van der Waals surface area contributed by atoms with Crippen molar-refractivity contribution in [2.75, 3.05) is 6.61 Å². The Morgan fingerprint density at radius 1 is 1.29 bits per heavy atom. The number of rotatable bonds is 3. The van der Waals surface area contributed by atoms with Crippen LogP contribution in [-0.4, -0.2) is 11.7 Å². The molecule has 0 spiro atoms. The van der Waals surface area contributed by atoms with Gasteiger partial charge in [-0.05, 0) is 48.1 Å². The highest BCUT2D eigenvalue weighted by atomic mass is 79.9. The van der Waals surface area contributed by atoms with Crippen molar-refractivity contribution in [3.8, 4) is 5.75 Å². The molecule has 2 aromatic rings. The second-order valence-corrected chi connectivity index (χ2v) is 6.14. The molecule has 1 N–H and O–H groups in total. The molecular weight excluding hydrogens is 335 g/mol. The van der Waals surface area contributed by atoms with Crippen LogP contribution in [0.5, 0.6) is 5.75 Å². The van der Waals surface area contributed by atoms with Gasteiger partial charge in [-0.1, -0.05) is 40.2 Å². The van der Waals surface area contributed by atoms with E-state index >= 15 is 0 Å². The maximum absolute atomic E-state index is 13.1. The van der Waals surface area contributed by atoms with Crippen molar-refractivity contribution in [2.24, 2.45) is 0 Å². The lowest BCUT2D eigenvalue weighted by molar-refractivity contribution is 0.144. The average molecular weight is 351 g/mol. The van der Waals surface area contributed by atoms with Crippen molar-refractivity contribution in [2.45, 2.75) is 24.9 Å². The Morgan fingerprint density at radius 3 is 2.90 bits per heavy atom. The summed E-state index contributed by atoms with van der Waals surface area (Å²) in [5, 5.41) is 10.5. The first-order chi connectivity index (χ1) is 10.1. The minimum absolute atomic E-state index is 0.252. The van der Waals surface area contributed by atoms with Crippen LogP contribution in [0.2, 0.25) is 0 Å². The Morgan fingerprint density at radius 2 is 2.10 bits per heavy atom. The van der Waals surface area contributed by atoms with E-state index < -0.39 is 6.10 Å². The number of para-hydroxylation sites is 1. The quantitative estimate of drug-likeness (QED) is 0.877. The van der Waals surface area contributed by atoms with E-state index in [2.05, 4.69) is 15.9 Å². The van der Waals surface area contributed by atoms with E-state index in [-0.39, 0.29) is 11.7 Å². The van der Waals surface area contributed by atoms with E-state index in [0.717, 1.165) is 23.3 Å². The van der Waals surface area contributed by atoms with Crippen molar-refractivity contribution >= 4 is 15.9 Å². The molecule has 21 heavy (non-hydrogen) atoms. The number of aliphatic hydroxyl groups excluding tert-OH is 1. The minimum Gasteiger partial charge on any atom is -0.493 e. The second kappa shape index (κ2) is 6.16. The highest BCUT2D eigenvalue weighted by Crippen LogP contribution is 2.39. The van der Waals surface area contributed by atoms with Crippen LogP contribution in [0, 0.1) is 5.82 Å². The van der Waals surface area contributed by atoms with Gasteiger partial charge in [0.15, 0.2) is 0 Å². The third kappa shape index (κ3) is 3.11. The fourth-order valence-electron chi connectivity index (χ4n) is 2.83. The van der Waals surface area contributed by atoms with Crippen molar-refractivity contribution < 1.29 is 14.2 Å². The van der Waals surface area contributed by atoms with Crippen LogP contribution >= 0.6 is 15.9 Å². The Balaban J connectivity index is 1.81. The van der Waals surface area contributed by atoms with Crippen LogP contribution in [0.3, 0.4) is 0 Å². The molecule has 2 nitrogen and oxygen atoms in total. The van der Waals surface area contributed by atoms with Gasteiger partial charge in [0.05, 0.1) is 12.7 Å². The highest BCUT2D eigenvalue weighted by Gasteiger charge is 2.25. The van der Waals surface area contributed by atoms with E-state index in [4.69, 9.17) is 4.74 Å². The Labute approximate surface area is 131 Å². The summed E-state index contributed by atoms with van der Waals surface area (Å²) in [5.74, 6) is 0.843. The Bertz CT molecular complexity index is 644. The summed E-state index contributed by atoms with van der Waals surface area (Å²) in [6.45, 7) is 0.666. The van der Waals surface area contributed by atoms with Crippen molar-refractivity contribution in [3.05, 3.63) is 63.9 Å². The highest BCUT2D eigenvalue weighted by molar-refractivity contribution is 9.10. The van der Waals surface area contributed by atoms with Gasteiger partial charge >= 0.3 is 0 Å². The van der Waals surface area contributed by atoms with Crippen LogP contribution in [0.15, 0.2) is 46.9 Å². The van der Waals surface area contributed by atoms with Gasteiger partial charge < -0.3 is 9.84 Å².